The van der Waals surface area contributed by atoms with Crippen molar-refractivity contribution in [1.29, 1.82) is 0 Å². The summed E-state index contributed by atoms with van der Waals surface area (Å²) < 4.78 is 57.4. The monoisotopic (exact) mass is 504 g/mol. The van der Waals surface area contributed by atoms with Crippen LogP contribution < -0.4 is 5.32 Å². The fourth-order valence-corrected chi connectivity index (χ4v) is 6.92. The molecule has 2 heterocycles. The van der Waals surface area contributed by atoms with Gasteiger partial charge in [-0.1, -0.05) is 6.92 Å². The van der Waals surface area contributed by atoms with E-state index in [1.807, 2.05) is 0 Å². The average molecular weight is 505 g/mol. The van der Waals surface area contributed by atoms with Crippen LogP contribution in [0.25, 0.3) is 0 Å². The molecule has 2 aliphatic carbocycles. The Balaban J connectivity index is 1.34. The molecule has 2 unspecified atom stereocenters. The van der Waals surface area contributed by atoms with Crippen molar-refractivity contribution in [3.05, 3.63) is 0 Å². The number of likely N-dealkylation sites (tertiary alicyclic amines) is 1. The molecule has 4 aliphatic rings. The Bertz CT molecular complexity index is 723. The summed E-state index contributed by atoms with van der Waals surface area (Å²) in [7, 11) is 0. The number of halogens is 4. The third kappa shape index (κ3) is 6.08. The van der Waals surface area contributed by atoms with Gasteiger partial charge in [-0.15, -0.1) is 0 Å². The zero-order valence-electron chi connectivity index (χ0n) is 21.7. The zero-order valence-corrected chi connectivity index (χ0v) is 21.7. The number of hydrogen-bond acceptors (Lipinski definition) is 3. The van der Waals surface area contributed by atoms with Crippen molar-refractivity contribution in [3.8, 4) is 0 Å². The fraction of sp³-hybridized carbons (Fsp3) is 0.962. The summed E-state index contributed by atoms with van der Waals surface area (Å²) in [6, 6.07) is -1.49. The van der Waals surface area contributed by atoms with Crippen molar-refractivity contribution in [3.63, 3.8) is 0 Å². The SMILES string of the molecule is CC(C)N1CCN(C2CCCC(F)(F)C2NC(=O)N2CCC(C)(C3CCC(F)(F)CC3)CC2)CC1. The van der Waals surface area contributed by atoms with Crippen LogP contribution in [0.3, 0.4) is 0 Å². The van der Waals surface area contributed by atoms with Crippen LogP contribution in [0, 0.1) is 11.3 Å². The quantitative estimate of drug-likeness (QED) is 0.535. The van der Waals surface area contributed by atoms with Crippen LogP contribution in [-0.4, -0.2) is 90.0 Å². The molecule has 2 saturated heterocycles. The van der Waals surface area contributed by atoms with Gasteiger partial charge in [-0.2, -0.15) is 0 Å². The molecule has 202 valence electrons. The number of amides is 2. The highest BCUT2D eigenvalue weighted by atomic mass is 19.3. The zero-order chi connectivity index (χ0) is 25.4. The molecule has 2 atom stereocenters. The van der Waals surface area contributed by atoms with Crippen molar-refractivity contribution < 1.29 is 22.4 Å². The highest BCUT2D eigenvalue weighted by Crippen LogP contribution is 2.48. The lowest BCUT2D eigenvalue weighted by Crippen LogP contribution is -2.66. The van der Waals surface area contributed by atoms with Crippen LogP contribution in [0.15, 0.2) is 0 Å². The molecule has 0 aromatic carbocycles. The third-order valence-corrected chi connectivity index (χ3v) is 9.57. The summed E-state index contributed by atoms with van der Waals surface area (Å²) in [5, 5.41) is 2.76. The maximum Gasteiger partial charge on any atom is 0.317 e. The molecule has 0 radical (unpaired) electrons. The smallest absolute Gasteiger partial charge is 0.317 e. The number of rotatable bonds is 4. The predicted octanol–water partition coefficient (Wildman–Crippen LogP) is 5.21. The molecule has 4 fully saturated rings. The fourth-order valence-electron chi connectivity index (χ4n) is 6.92. The van der Waals surface area contributed by atoms with E-state index >= 15 is 8.78 Å². The number of nitrogens with one attached hydrogen (secondary N) is 1. The minimum atomic E-state index is -2.93. The summed E-state index contributed by atoms with van der Waals surface area (Å²) in [4.78, 5) is 19.3. The van der Waals surface area contributed by atoms with Crippen molar-refractivity contribution in [1.82, 2.24) is 20.0 Å². The number of carbonyl (C=O) groups excluding carboxylic acids is 1. The largest absolute Gasteiger partial charge is 0.328 e. The number of hydrogen-bond donors (Lipinski definition) is 1. The molecule has 0 aromatic heterocycles. The van der Waals surface area contributed by atoms with E-state index in [1.54, 1.807) is 4.90 Å². The normalized spacial score (nSPS) is 32.5. The molecule has 35 heavy (non-hydrogen) atoms. The Morgan fingerprint density at radius 1 is 0.857 bits per heavy atom. The Kier molecular flexibility index (Phi) is 7.97. The lowest BCUT2D eigenvalue weighted by atomic mass is 9.64. The molecule has 9 heteroatoms. The van der Waals surface area contributed by atoms with E-state index in [9.17, 15) is 13.6 Å². The topological polar surface area (TPSA) is 38.8 Å². The van der Waals surface area contributed by atoms with Gasteiger partial charge in [-0.05, 0) is 63.7 Å². The van der Waals surface area contributed by atoms with Gasteiger partial charge in [0.15, 0.2) is 0 Å². The summed E-state index contributed by atoms with van der Waals surface area (Å²) in [5.41, 5.74) is -0.0688. The van der Waals surface area contributed by atoms with Crippen molar-refractivity contribution >= 4 is 6.03 Å². The standard InChI is InChI=1S/C26H44F4N4O/c1-19(2)32-15-17-33(18-16-32)21-5-4-8-26(29,30)22(21)31-23(35)34-13-11-24(3,12-14-34)20-6-9-25(27,28)10-7-20/h19-22H,4-18H2,1-3H3,(H,31,35). The number of carbonyl (C=O) groups is 1. The van der Waals surface area contributed by atoms with Gasteiger partial charge in [-0.3, -0.25) is 9.80 Å². The van der Waals surface area contributed by atoms with E-state index < -0.39 is 23.9 Å². The first-order valence-electron chi connectivity index (χ1n) is 13.7. The molecule has 5 nitrogen and oxygen atoms in total. The van der Waals surface area contributed by atoms with Gasteiger partial charge in [0.2, 0.25) is 5.92 Å². The molecule has 2 amide bonds. The van der Waals surface area contributed by atoms with Gasteiger partial charge in [0.05, 0.1) is 0 Å². The second-order valence-corrected chi connectivity index (χ2v) is 12.1. The molecular weight excluding hydrogens is 460 g/mol. The van der Waals surface area contributed by atoms with E-state index in [4.69, 9.17) is 0 Å². The molecular formula is C26H44F4N4O. The molecule has 0 bridgehead atoms. The summed E-state index contributed by atoms with van der Waals surface area (Å²) in [6.45, 7) is 10.6. The molecule has 4 rings (SSSR count). The first kappa shape index (κ1) is 27.0. The van der Waals surface area contributed by atoms with Crippen molar-refractivity contribution in [2.24, 2.45) is 11.3 Å². The minimum absolute atomic E-state index is 0.0545. The Morgan fingerprint density at radius 3 is 2.03 bits per heavy atom. The van der Waals surface area contributed by atoms with Gasteiger partial charge in [0.1, 0.15) is 6.04 Å². The maximum atomic E-state index is 15.1. The average Bonchev–Trinajstić information content (AvgIpc) is 2.80. The van der Waals surface area contributed by atoms with Gasteiger partial charge < -0.3 is 10.2 Å². The lowest BCUT2D eigenvalue weighted by Gasteiger charge is -2.49. The van der Waals surface area contributed by atoms with E-state index in [0.29, 0.717) is 44.8 Å². The lowest BCUT2D eigenvalue weighted by molar-refractivity contribution is -0.0979. The highest BCUT2D eigenvalue weighted by molar-refractivity contribution is 5.75. The predicted molar refractivity (Wildman–Crippen MR) is 129 cm³/mol. The van der Waals surface area contributed by atoms with Gasteiger partial charge in [0.25, 0.3) is 5.92 Å². The van der Waals surface area contributed by atoms with Gasteiger partial charge >= 0.3 is 6.03 Å². The van der Waals surface area contributed by atoms with Crippen LogP contribution in [-0.2, 0) is 0 Å². The van der Waals surface area contributed by atoms with Crippen LogP contribution in [0.1, 0.15) is 78.6 Å². The molecule has 0 spiro atoms. The first-order chi connectivity index (χ1) is 16.4. The molecule has 2 aliphatic heterocycles. The summed E-state index contributed by atoms with van der Waals surface area (Å²) in [6.07, 6.45) is 3.36. The second-order valence-electron chi connectivity index (χ2n) is 12.1. The van der Waals surface area contributed by atoms with Crippen molar-refractivity contribution in [2.75, 3.05) is 39.3 Å². The number of urea groups is 1. The number of piperidine rings is 1. The van der Waals surface area contributed by atoms with Gasteiger partial charge in [0, 0.05) is 70.6 Å². The van der Waals surface area contributed by atoms with Crippen LogP contribution in [0.4, 0.5) is 22.4 Å². The molecule has 0 aromatic rings. The summed E-state index contributed by atoms with van der Waals surface area (Å²) in [5.74, 6) is -5.23. The van der Waals surface area contributed by atoms with E-state index in [2.05, 4.69) is 35.9 Å². The second kappa shape index (κ2) is 10.3. The summed E-state index contributed by atoms with van der Waals surface area (Å²) >= 11 is 0. The van der Waals surface area contributed by atoms with Crippen LogP contribution in [0.5, 0.6) is 0 Å². The van der Waals surface area contributed by atoms with Crippen molar-refractivity contribution in [2.45, 2.75) is 109 Å². The third-order valence-electron chi connectivity index (χ3n) is 9.57. The van der Waals surface area contributed by atoms with Crippen LogP contribution >= 0.6 is 0 Å². The van der Waals surface area contributed by atoms with Crippen LogP contribution in [0.2, 0.25) is 0 Å². The minimum Gasteiger partial charge on any atom is -0.328 e. The number of piperazine rings is 1. The van der Waals surface area contributed by atoms with E-state index in [0.717, 1.165) is 39.0 Å². The van der Waals surface area contributed by atoms with E-state index in [-0.39, 0.29) is 36.6 Å². The first-order valence-corrected chi connectivity index (χ1v) is 13.7. The Hall–Kier alpha value is -1.09. The number of alkyl halides is 4. The Morgan fingerprint density at radius 2 is 1.46 bits per heavy atom. The van der Waals surface area contributed by atoms with E-state index in [1.165, 1.54) is 0 Å². The highest BCUT2D eigenvalue weighted by Gasteiger charge is 2.51. The number of nitrogens with zero attached hydrogens (tertiary/aromatic N) is 3. The maximum absolute atomic E-state index is 15.1. The Labute approximate surface area is 207 Å². The molecule has 2 saturated carbocycles. The molecule has 1 N–H and O–H groups in total. The van der Waals surface area contributed by atoms with Gasteiger partial charge in [-0.25, -0.2) is 22.4 Å².